The van der Waals surface area contributed by atoms with Crippen LogP contribution in [0, 0.1) is 5.92 Å². The van der Waals surface area contributed by atoms with Gasteiger partial charge in [-0.3, -0.25) is 9.59 Å². The number of likely N-dealkylation sites (tertiary alicyclic amines) is 1. The molecule has 2 unspecified atom stereocenters. The maximum absolute atomic E-state index is 12.8. The van der Waals surface area contributed by atoms with Gasteiger partial charge in [0.15, 0.2) is 0 Å². The molecule has 2 aromatic carbocycles. The average Bonchev–Trinajstić information content (AvgIpc) is 3.44. The van der Waals surface area contributed by atoms with Gasteiger partial charge in [0.25, 0.3) is 0 Å². The summed E-state index contributed by atoms with van der Waals surface area (Å²) in [5.74, 6) is -0.252. The van der Waals surface area contributed by atoms with Crippen LogP contribution in [0.5, 0.6) is 0 Å². The van der Waals surface area contributed by atoms with E-state index in [-0.39, 0.29) is 29.8 Å². The van der Waals surface area contributed by atoms with Crippen LogP contribution in [-0.2, 0) is 9.59 Å². The number of amides is 4. The number of urea groups is 1. The second-order valence-electron chi connectivity index (χ2n) is 8.68. The highest BCUT2D eigenvalue weighted by Crippen LogP contribution is 2.30. The molecule has 2 fully saturated rings. The van der Waals surface area contributed by atoms with Crippen LogP contribution < -0.4 is 16.0 Å². The molecule has 7 heteroatoms. The van der Waals surface area contributed by atoms with Gasteiger partial charge in [-0.15, -0.1) is 0 Å². The third-order valence-electron chi connectivity index (χ3n) is 6.35. The van der Waals surface area contributed by atoms with Crippen LogP contribution in [0.15, 0.2) is 54.6 Å². The van der Waals surface area contributed by atoms with Crippen LogP contribution in [0.3, 0.4) is 0 Å². The molecule has 0 bridgehead atoms. The molecule has 168 valence electrons. The number of nitrogens with one attached hydrogen (secondary N) is 3. The molecule has 1 saturated carbocycles. The number of carbonyl (C=O) groups excluding carboxylic acids is 3. The first-order valence-electron chi connectivity index (χ1n) is 11.3. The van der Waals surface area contributed by atoms with Gasteiger partial charge in [0.05, 0.1) is 12.0 Å². The molecule has 3 N–H and O–H groups in total. The Labute approximate surface area is 188 Å². The van der Waals surface area contributed by atoms with Gasteiger partial charge in [0.1, 0.15) is 0 Å². The molecule has 1 aliphatic heterocycles. The van der Waals surface area contributed by atoms with Crippen LogP contribution in [0.2, 0.25) is 0 Å². The van der Waals surface area contributed by atoms with E-state index in [1.807, 2.05) is 66.4 Å². The van der Waals surface area contributed by atoms with Crippen molar-refractivity contribution >= 4 is 29.2 Å². The van der Waals surface area contributed by atoms with E-state index in [9.17, 15) is 14.4 Å². The summed E-state index contributed by atoms with van der Waals surface area (Å²) >= 11 is 0. The van der Waals surface area contributed by atoms with Crippen molar-refractivity contribution in [2.75, 3.05) is 17.2 Å². The lowest BCUT2D eigenvalue weighted by molar-refractivity contribution is -0.130. The van der Waals surface area contributed by atoms with Gasteiger partial charge in [-0.05, 0) is 49.6 Å². The largest absolute Gasteiger partial charge is 0.349 e. The molecule has 1 heterocycles. The minimum atomic E-state index is -0.317. The normalized spacial score (nSPS) is 19.6. The van der Waals surface area contributed by atoms with Crippen LogP contribution >= 0.6 is 0 Å². The first-order chi connectivity index (χ1) is 15.5. The summed E-state index contributed by atoms with van der Waals surface area (Å²) in [4.78, 5) is 39.2. The van der Waals surface area contributed by atoms with Gasteiger partial charge in [-0.1, -0.05) is 43.2 Å². The molecule has 1 aliphatic carbocycles. The first-order valence-corrected chi connectivity index (χ1v) is 11.3. The molecular weight excluding hydrogens is 404 g/mol. The Bertz CT molecular complexity index is 955. The van der Waals surface area contributed by atoms with Crippen molar-refractivity contribution in [1.29, 1.82) is 0 Å². The number of carbonyl (C=O) groups is 3. The molecule has 0 aromatic heterocycles. The lowest BCUT2D eigenvalue weighted by atomic mass is 10.0. The Morgan fingerprint density at radius 1 is 0.938 bits per heavy atom. The van der Waals surface area contributed by atoms with E-state index in [1.165, 1.54) is 12.8 Å². The molecule has 1 saturated heterocycles. The predicted octanol–water partition coefficient (Wildman–Crippen LogP) is 4.30. The van der Waals surface area contributed by atoms with Gasteiger partial charge < -0.3 is 20.9 Å². The van der Waals surface area contributed by atoms with E-state index in [4.69, 9.17) is 0 Å². The summed E-state index contributed by atoms with van der Waals surface area (Å²) in [7, 11) is 0. The SMILES string of the molecule is CC(NC(=O)C1CC(=O)N(C2CCCC2)C1)c1ccc(NC(=O)Nc2ccccc2)cc1. The van der Waals surface area contributed by atoms with Gasteiger partial charge in [-0.2, -0.15) is 0 Å². The number of anilines is 2. The first kappa shape index (κ1) is 21.9. The smallest absolute Gasteiger partial charge is 0.323 e. The van der Waals surface area contributed by atoms with Crippen molar-refractivity contribution in [2.45, 2.75) is 51.1 Å². The summed E-state index contributed by atoms with van der Waals surface area (Å²) in [6.45, 7) is 2.45. The number of rotatable bonds is 6. The Hall–Kier alpha value is -3.35. The fourth-order valence-corrected chi connectivity index (χ4v) is 4.56. The molecule has 32 heavy (non-hydrogen) atoms. The van der Waals surface area contributed by atoms with E-state index >= 15 is 0 Å². The Morgan fingerprint density at radius 2 is 1.56 bits per heavy atom. The summed E-state index contributed by atoms with van der Waals surface area (Å²) in [6, 6.07) is 16.4. The predicted molar refractivity (Wildman–Crippen MR) is 124 cm³/mol. The summed E-state index contributed by atoms with van der Waals surface area (Å²) in [6.07, 6.45) is 4.75. The molecular formula is C25H30N4O3. The van der Waals surface area contributed by atoms with E-state index in [0.29, 0.717) is 24.7 Å². The van der Waals surface area contributed by atoms with Crippen molar-refractivity contribution in [1.82, 2.24) is 10.2 Å². The van der Waals surface area contributed by atoms with E-state index < -0.39 is 0 Å². The quantitative estimate of drug-likeness (QED) is 0.633. The highest BCUT2D eigenvalue weighted by molar-refractivity contribution is 5.99. The minimum Gasteiger partial charge on any atom is -0.349 e. The number of nitrogens with zero attached hydrogens (tertiary/aromatic N) is 1. The number of hydrogen-bond donors (Lipinski definition) is 3. The zero-order valence-corrected chi connectivity index (χ0v) is 18.3. The zero-order valence-electron chi connectivity index (χ0n) is 18.3. The third kappa shape index (κ3) is 5.28. The van der Waals surface area contributed by atoms with Crippen molar-refractivity contribution in [3.05, 3.63) is 60.2 Å². The summed E-state index contributed by atoms with van der Waals surface area (Å²) in [5, 5.41) is 8.62. The Morgan fingerprint density at radius 3 is 2.22 bits per heavy atom. The second kappa shape index (κ2) is 9.85. The van der Waals surface area contributed by atoms with E-state index in [0.717, 1.165) is 24.1 Å². The zero-order chi connectivity index (χ0) is 22.5. The van der Waals surface area contributed by atoms with Gasteiger partial charge >= 0.3 is 6.03 Å². The van der Waals surface area contributed by atoms with Gasteiger partial charge in [-0.25, -0.2) is 4.79 Å². The van der Waals surface area contributed by atoms with Crippen molar-refractivity contribution in [3.8, 4) is 0 Å². The van der Waals surface area contributed by atoms with Crippen LogP contribution in [0.25, 0.3) is 0 Å². The average molecular weight is 435 g/mol. The van der Waals surface area contributed by atoms with Gasteiger partial charge in [0.2, 0.25) is 11.8 Å². The maximum Gasteiger partial charge on any atom is 0.323 e. The highest BCUT2D eigenvalue weighted by Gasteiger charge is 2.38. The Balaban J connectivity index is 1.28. The van der Waals surface area contributed by atoms with Crippen LogP contribution in [0.1, 0.15) is 50.6 Å². The molecule has 7 nitrogen and oxygen atoms in total. The monoisotopic (exact) mass is 434 g/mol. The number of hydrogen-bond acceptors (Lipinski definition) is 3. The topological polar surface area (TPSA) is 90.5 Å². The lowest BCUT2D eigenvalue weighted by Crippen LogP contribution is -2.37. The molecule has 2 aromatic rings. The molecule has 0 radical (unpaired) electrons. The lowest BCUT2D eigenvalue weighted by Gasteiger charge is -2.24. The van der Waals surface area contributed by atoms with E-state index in [1.54, 1.807) is 0 Å². The molecule has 4 amide bonds. The molecule has 2 aliphatic rings. The second-order valence-corrected chi connectivity index (χ2v) is 8.68. The Kier molecular flexibility index (Phi) is 6.73. The van der Waals surface area contributed by atoms with E-state index in [2.05, 4.69) is 16.0 Å². The minimum absolute atomic E-state index is 0.0733. The molecule has 0 spiro atoms. The summed E-state index contributed by atoms with van der Waals surface area (Å²) in [5.41, 5.74) is 2.31. The van der Waals surface area contributed by atoms with Crippen molar-refractivity contribution < 1.29 is 14.4 Å². The van der Waals surface area contributed by atoms with Gasteiger partial charge in [0, 0.05) is 30.4 Å². The third-order valence-corrected chi connectivity index (χ3v) is 6.35. The standard InChI is InChI=1S/C25H30N4O3/c1-17(26-24(31)19-15-23(30)29(16-19)22-9-5-6-10-22)18-11-13-21(14-12-18)28-25(32)27-20-7-3-2-4-8-20/h2-4,7-8,11-14,17,19,22H,5-6,9-10,15-16H2,1H3,(H,26,31)(H2,27,28,32). The molecule has 2 atom stereocenters. The van der Waals surface area contributed by atoms with Crippen LogP contribution in [0.4, 0.5) is 16.2 Å². The number of para-hydroxylation sites is 1. The van der Waals surface area contributed by atoms with Crippen molar-refractivity contribution in [2.24, 2.45) is 5.92 Å². The maximum atomic E-state index is 12.8. The fourth-order valence-electron chi connectivity index (χ4n) is 4.56. The van der Waals surface area contributed by atoms with Crippen LogP contribution in [-0.4, -0.2) is 35.3 Å². The highest BCUT2D eigenvalue weighted by atomic mass is 16.2. The summed E-state index contributed by atoms with van der Waals surface area (Å²) < 4.78 is 0. The number of benzene rings is 2. The fraction of sp³-hybridized carbons (Fsp3) is 0.400. The van der Waals surface area contributed by atoms with Crippen molar-refractivity contribution in [3.63, 3.8) is 0 Å². The molecule has 4 rings (SSSR count).